The first-order valence-corrected chi connectivity index (χ1v) is 6.87. The molecule has 1 aliphatic rings. The molecule has 0 bridgehead atoms. The van der Waals surface area contributed by atoms with E-state index < -0.39 is 0 Å². The molecule has 0 radical (unpaired) electrons. The second kappa shape index (κ2) is 6.30. The third kappa shape index (κ3) is 2.73. The summed E-state index contributed by atoms with van der Waals surface area (Å²) >= 11 is 0. The lowest BCUT2D eigenvalue weighted by molar-refractivity contribution is 0.0772. The van der Waals surface area contributed by atoms with Crippen molar-refractivity contribution in [2.45, 2.75) is 38.8 Å². The van der Waals surface area contributed by atoms with Gasteiger partial charge in [0, 0.05) is 24.1 Å². The fraction of sp³-hybridized carbons (Fsp3) is 0.600. The second-order valence-electron chi connectivity index (χ2n) is 4.83. The fourth-order valence-electron chi connectivity index (χ4n) is 2.91. The molecular weight excluding hydrogens is 229 g/mol. The predicted molar refractivity (Wildman–Crippen MR) is 71.0 cm³/mol. The minimum absolute atomic E-state index is 0.0589. The SMILES string of the molecule is CCNC(c1ccccc1F)C1CCOC1CC. The number of hydrogen-bond donors (Lipinski definition) is 1. The highest BCUT2D eigenvalue weighted by Crippen LogP contribution is 2.35. The summed E-state index contributed by atoms with van der Waals surface area (Å²) < 4.78 is 19.7. The van der Waals surface area contributed by atoms with E-state index in [-0.39, 0.29) is 18.0 Å². The lowest BCUT2D eigenvalue weighted by atomic mass is 9.86. The Bertz CT molecular complexity index is 383. The van der Waals surface area contributed by atoms with Crippen LogP contribution in [0.2, 0.25) is 0 Å². The third-order valence-corrected chi connectivity index (χ3v) is 3.76. The zero-order chi connectivity index (χ0) is 13.0. The van der Waals surface area contributed by atoms with Crippen LogP contribution in [0.5, 0.6) is 0 Å². The van der Waals surface area contributed by atoms with Crippen LogP contribution in [0.4, 0.5) is 4.39 Å². The van der Waals surface area contributed by atoms with Gasteiger partial charge in [0.2, 0.25) is 0 Å². The first kappa shape index (κ1) is 13.5. The molecule has 3 unspecified atom stereocenters. The van der Waals surface area contributed by atoms with Crippen LogP contribution in [-0.2, 0) is 4.74 Å². The molecule has 1 aliphatic heterocycles. The quantitative estimate of drug-likeness (QED) is 0.867. The van der Waals surface area contributed by atoms with Crippen molar-refractivity contribution < 1.29 is 9.13 Å². The molecular formula is C15H22FNO. The van der Waals surface area contributed by atoms with Crippen LogP contribution in [0.3, 0.4) is 0 Å². The van der Waals surface area contributed by atoms with Crippen LogP contribution in [0.1, 0.15) is 38.3 Å². The minimum atomic E-state index is -0.120. The number of halogens is 1. The van der Waals surface area contributed by atoms with E-state index in [1.165, 1.54) is 6.07 Å². The maximum atomic E-state index is 14.0. The predicted octanol–water partition coefficient (Wildman–Crippen LogP) is 3.29. The highest BCUT2D eigenvalue weighted by molar-refractivity contribution is 5.22. The Morgan fingerprint density at radius 3 is 2.83 bits per heavy atom. The van der Waals surface area contributed by atoms with Gasteiger partial charge >= 0.3 is 0 Å². The number of nitrogens with one attached hydrogen (secondary N) is 1. The monoisotopic (exact) mass is 251 g/mol. The standard InChI is InChI=1S/C15H22FNO/c1-3-14-12(9-10-18-14)15(17-4-2)11-7-5-6-8-13(11)16/h5-8,12,14-15,17H,3-4,9-10H2,1-2H3. The molecule has 1 aromatic carbocycles. The lowest BCUT2D eigenvalue weighted by Gasteiger charge is -2.28. The molecule has 0 spiro atoms. The number of rotatable bonds is 5. The third-order valence-electron chi connectivity index (χ3n) is 3.76. The van der Waals surface area contributed by atoms with E-state index in [1.54, 1.807) is 6.07 Å². The van der Waals surface area contributed by atoms with Crippen LogP contribution in [-0.4, -0.2) is 19.3 Å². The maximum absolute atomic E-state index is 14.0. The largest absolute Gasteiger partial charge is 0.378 e. The summed E-state index contributed by atoms with van der Waals surface area (Å²) in [4.78, 5) is 0. The second-order valence-corrected chi connectivity index (χ2v) is 4.83. The molecule has 1 heterocycles. The maximum Gasteiger partial charge on any atom is 0.127 e. The molecule has 18 heavy (non-hydrogen) atoms. The molecule has 2 nitrogen and oxygen atoms in total. The Kier molecular flexibility index (Phi) is 4.72. The summed E-state index contributed by atoms with van der Waals surface area (Å²) in [6.45, 7) is 5.82. The summed E-state index contributed by atoms with van der Waals surface area (Å²) in [5.41, 5.74) is 0.772. The van der Waals surface area contributed by atoms with E-state index in [1.807, 2.05) is 12.1 Å². The first-order chi connectivity index (χ1) is 8.77. The summed E-state index contributed by atoms with van der Waals surface area (Å²) in [7, 11) is 0. The van der Waals surface area contributed by atoms with Crippen LogP contribution < -0.4 is 5.32 Å². The van der Waals surface area contributed by atoms with E-state index in [2.05, 4.69) is 19.2 Å². The van der Waals surface area contributed by atoms with E-state index >= 15 is 0 Å². The van der Waals surface area contributed by atoms with Crippen molar-refractivity contribution in [2.75, 3.05) is 13.2 Å². The average Bonchev–Trinajstić information content (AvgIpc) is 2.85. The van der Waals surface area contributed by atoms with Gasteiger partial charge < -0.3 is 10.1 Å². The summed E-state index contributed by atoms with van der Waals surface area (Å²) in [5.74, 6) is 0.247. The van der Waals surface area contributed by atoms with E-state index in [0.29, 0.717) is 5.92 Å². The molecule has 3 heteroatoms. The van der Waals surface area contributed by atoms with Crippen LogP contribution in [0, 0.1) is 11.7 Å². The molecule has 0 amide bonds. The molecule has 1 N–H and O–H groups in total. The van der Waals surface area contributed by atoms with Crippen LogP contribution in [0.25, 0.3) is 0 Å². The summed E-state index contributed by atoms with van der Waals surface area (Å²) in [6, 6.07) is 7.12. The van der Waals surface area contributed by atoms with Crippen molar-refractivity contribution in [3.05, 3.63) is 35.6 Å². The zero-order valence-electron chi connectivity index (χ0n) is 11.2. The van der Waals surface area contributed by atoms with Gasteiger partial charge in [-0.15, -0.1) is 0 Å². The Balaban J connectivity index is 2.25. The van der Waals surface area contributed by atoms with Gasteiger partial charge in [0.25, 0.3) is 0 Å². The summed E-state index contributed by atoms with van der Waals surface area (Å²) in [5, 5.41) is 3.43. The molecule has 1 saturated heterocycles. The Morgan fingerprint density at radius 1 is 1.39 bits per heavy atom. The fourth-order valence-corrected chi connectivity index (χ4v) is 2.91. The number of hydrogen-bond acceptors (Lipinski definition) is 2. The van der Waals surface area contributed by atoms with Crippen molar-refractivity contribution in [3.8, 4) is 0 Å². The molecule has 2 rings (SSSR count). The molecule has 0 saturated carbocycles. The van der Waals surface area contributed by atoms with Gasteiger partial charge in [-0.05, 0) is 25.5 Å². The minimum Gasteiger partial charge on any atom is -0.378 e. The van der Waals surface area contributed by atoms with Gasteiger partial charge in [0.05, 0.1) is 6.10 Å². The molecule has 0 aromatic heterocycles. The van der Waals surface area contributed by atoms with E-state index in [9.17, 15) is 4.39 Å². The summed E-state index contributed by atoms with van der Waals surface area (Å²) in [6.07, 6.45) is 2.24. The smallest absolute Gasteiger partial charge is 0.127 e. The highest BCUT2D eigenvalue weighted by atomic mass is 19.1. The van der Waals surface area contributed by atoms with Gasteiger partial charge in [-0.3, -0.25) is 0 Å². The van der Waals surface area contributed by atoms with E-state index in [4.69, 9.17) is 4.74 Å². The lowest BCUT2D eigenvalue weighted by Crippen LogP contribution is -2.33. The van der Waals surface area contributed by atoms with Crippen molar-refractivity contribution in [2.24, 2.45) is 5.92 Å². The van der Waals surface area contributed by atoms with Gasteiger partial charge in [-0.25, -0.2) is 4.39 Å². The van der Waals surface area contributed by atoms with Crippen molar-refractivity contribution in [1.82, 2.24) is 5.32 Å². The average molecular weight is 251 g/mol. The van der Waals surface area contributed by atoms with Gasteiger partial charge in [-0.2, -0.15) is 0 Å². The normalized spacial score (nSPS) is 25.3. The van der Waals surface area contributed by atoms with Crippen molar-refractivity contribution >= 4 is 0 Å². The zero-order valence-corrected chi connectivity index (χ0v) is 11.2. The molecule has 0 aliphatic carbocycles. The Labute approximate surface area is 109 Å². The topological polar surface area (TPSA) is 21.3 Å². The molecule has 3 atom stereocenters. The Hall–Kier alpha value is -0.930. The van der Waals surface area contributed by atoms with Crippen LogP contribution >= 0.6 is 0 Å². The molecule has 1 fully saturated rings. The Morgan fingerprint density at radius 2 is 2.17 bits per heavy atom. The van der Waals surface area contributed by atoms with Gasteiger partial charge in [0.15, 0.2) is 0 Å². The highest BCUT2D eigenvalue weighted by Gasteiger charge is 2.35. The molecule has 100 valence electrons. The number of ether oxygens (including phenoxy) is 1. The van der Waals surface area contributed by atoms with Crippen molar-refractivity contribution in [1.29, 1.82) is 0 Å². The van der Waals surface area contributed by atoms with Gasteiger partial charge in [0.1, 0.15) is 5.82 Å². The van der Waals surface area contributed by atoms with E-state index in [0.717, 1.165) is 31.6 Å². The first-order valence-electron chi connectivity index (χ1n) is 6.87. The van der Waals surface area contributed by atoms with Crippen LogP contribution in [0.15, 0.2) is 24.3 Å². The van der Waals surface area contributed by atoms with Gasteiger partial charge in [-0.1, -0.05) is 32.0 Å². The molecule has 1 aromatic rings. The van der Waals surface area contributed by atoms with Crippen molar-refractivity contribution in [3.63, 3.8) is 0 Å². The number of benzene rings is 1.